The van der Waals surface area contributed by atoms with Crippen molar-refractivity contribution in [3.63, 3.8) is 0 Å². The van der Waals surface area contributed by atoms with Gasteiger partial charge in [-0.15, -0.1) is 0 Å². The third kappa shape index (κ3) is 2.59. The highest BCUT2D eigenvalue weighted by Gasteiger charge is 2.23. The Balaban J connectivity index is 2.33. The van der Waals surface area contributed by atoms with Gasteiger partial charge < -0.3 is 5.73 Å². The summed E-state index contributed by atoms with van der Waals surface area (Å²) in [5, 5.41) is 9.48. The van der Waals surface area contributed by atoms with Crippen molar-refractivity contribution in [1.82, 2.24) is 4.98 Å². The number of nitrogens with zero attached hydrogens (tertiary/aromatic N) is 2. The Hall–Kier alpha value is -1.93. The van der Waals surface area contributed by atoms with Crippen LogP contribution in [0.25, 0.3) is 11.1 Å². The number of rotatable bonds is 1. The maximum absolute atomic E-state index is 14.5. The van der Waals surface area contributed by atoms with Gasteiger partial charge in [-0.25, -0.2) is 9.37 Å². The van der Waals surface area contributed by atoms with Crippen LogP contribution in [0, 0.1) is 17.1 Å². The van der Waals surface area contributed by atoms with E-state index in [2.05, 4.69) is 27.0 Å². The highest BCUT2D eigenvalue weighted by molar-refractivity contribution is 9.10. The van der Waals surface area contributed by atoms with Crippen molar-refractivity contribution in [2.75, 3.05) is 5.73 Å². The van der Waals surface area contributed by atoms with Gasteiger partial charge in [0.2, 0.25) is 0 Å². The molecule has 5 heteroatoms. The number of benzene rings is 1. The summed E-state index contributed by atoms with van der Waals surface area (Å²) in [6.07, 6.45) is 4.82. The van der Waals surface area contributed by atoms with E-state index in [1.165, 1.54) is 6.07 Å². The summed E-state index contributed by atoms with van der Waals surface area (Å²) in [6, 6.07) is 6.99. The Labute approximate surface area is 137 Å². The van der Waals surface area contributed by atoms with Gasteiger partial charge in [-0.1, -0.05) is 28.4 Å². The predicted octanol–water partition coefficient (Wildman–Crippen LogP) is 4.37. The Bertz CT molecular complexity index is 780. The van der Waals surface area contributed by atoms with Crippen LogP contribution in [0.1, 0.15) is 36.1 Å². The Morgan fingerprint density at radius 1 is 1.23 bits per heavy atom. The quantitative estimate of drug-likeness (QED) is 0.768. The minimum Gasteiger partial charge on any atom is -0.383 e. The minimum absolute atomic E-state index is 0.195. The molecule has 1 aliphatic carbocycles. The zero-order valence-corrected chi connectivity index (χ0v) is 13.6. The lowest BCUT2D eigenvalue weighted by molar-refractivity contribution is 0.630. The van der Waals surface area contributed by atoms with E-state index in [0.717, 1.165) is 43.4 Å². The fraction of sp³-hybridized carbons (Fsp3) is 0.294. The predicted molar refractivity (Wildman–Crippen MR) is 87.7 cm³/mol. The summed E-state index contributed by atoms with van der Waals surface area (Å²) in [6.45, 7) is 0. The van der Waals surface area contributed by atoms with Crippen LogP contribution >= 0.6 is 15.9 Å². The third-order valence-corrected chi connectivity index (χ3v) is 4.56. The first-order chi connectivity index (χ1) is 10.6. The molecule has 2 N–H and O–H groups in total. The first-order valence-electron chi connectivity index (χ1n) is 7.28. The molecular formula is C17H15BrFN3. The number of halogens is 2. The van der Waals surface area contributed by atoms with E-state index in [9.17, 15) is 9.65 Å². The van der Waals surface area contributed by atoms with Crippen molar-refractivity contribution in [2.24, 2.45) is 0 Å². The second-order valence-corrected chi connectivity index (χ2v) is 6.38. The van der Waals surface area contributed by atoms with Crippen molar-refractivity contribution < 1.29 is 4.39 Å². The second-order valence-electron chi connectivity index (χ2n) is 5.47. The SMILES string of the molecule is N#Cc1c(N)nc2c(c1-c1ccc(Br)cc1F)CCCCC2. The third-order valence-electron chi connectivity index (χ3n) is 4.06. The average Bonchev–Trinajstić information content (AvgIpc) is 2.71. The Kier molecular flexibility index (Phi) is 4.12. The van der Waals surface area contributed by atoms with E-state index >= 15 is 0 Å². The molecule has 0 bridgehead atoms. The fourth-order valence-corrected chi connectivity index (χ4v) is 3.37. The van der Waals surface area contributed by atoms with Crippen LogP contribution < -0.4 is 5.73 Å². The summed E-state index contributed by atoms with van der Waals surface area (Å²) in [7, 11) is 0. The van der Waals surface area contributed by atoms with Crippen molar-refractivity contribution in [3.05, 3.63) is 45.3 Å². The number of fused-ring (bicyclic) bond motifs is 1. The van der Waals surface area contributed by atoms with Gasteiger partial charge in [0.25, 0.3) is 0 Å². The Morgan fingerprint density at radius 3 is 2.73 bits per heavy atom. The normalized spacial score (nSPS) is 14.0. The molecule has 22 heavy (non-hydrogen) atoms. The van der Waals surface area contributed by atoms with E-state index in [4.69, 9.17) is 5.73 Å². The van der Waals surface area contributed by atoms with E-state index in [-0.39, 0.29) is 17.2 Å². The van der Waals surface area contributed by atoms with Crippen molar-refractivity contribution in [3.8, 4) is 17.2 Å². The zero-order valence-electron chi connectivity index (χ0n) is 12.0. The van der Waals surface area contributed by atoms with Gasteiger partial charge in [0.1, 0.15) is 23.3 Å². The molecule has 0 fully saturated rings. The van der Waals surface area contributed by atoms with Crippen LogP contribution in [0.3, 0.4) is 0 Å². The smallest absolute Gasteiger partial charge is 0.142 e. The van der Waals surface area contributed by atoms with Crippen molar-refractivity contribution in [2.45, 2.75) is 32.1 Å². The Morgan fingerprint density at radius 2 is 2.00 bits per heavy atom. The van der Waals surface area contributed by atoms with Crippen LogP contribution in [0.2, 0.25) is 0 Å². The van der Waals surface area contributed by atoms with Crippen LogP contribution in [0.15, 0.2) is 22.7 Å². The molecular weight excluding hydrogens is 345 g/mol. The molecule has 1 aliphatic rings. The maximum Gasteiger partial charge on any atom is 0.142 e. The first-order valence-corrected chi connectivity index (χ1v) is 8.08. The molecule has 2 aromatic rings. The summed E-state index contributed by atoms with van der Waals surface area (Å²) < 4.78 is 15.1. The first kappa shape index (κ1) is 15.0. The number of aromatic nitrogens is 1. The lowest BCUT2D eigenvalue weighted by Crippen LogP contribution is -2.07. The van der Waals surface area contributed by atoms with Crippen molar-refractivity contribution in [1.29, 1.82) is 5.26 Å². The summed E-state index contributed by atoms with van der Waals surface area (Å²) in [5.74, 6) is -0.164. The number of anilines is 1. The fourth-order valence-electron chi connectivity index (χ4n) is 3.04. The van der Waals surface area contributed by atoms with Crippen LogP contribution in [-0.2, 0) is 12.8 Å². The van der Waals surface area contributed by atoms with E-state index < -0.39 is 0 Å². The number of nitrogens with two attached hydrogens (primary N) is 1. The number of hydrogen-bond donors (Lipinski definition) is 1. The summed E-state index contributed by atoms with van der Waals surface area (Å²) >= 11 is 3.26. The highest BCUT2D eigenvalue weighted by atomic mass is 79.9. The minimum atomic E-state index is -0.358. The molecule has 0 aliphatic heterocycles. The number of aryl methyl sites for hydroxylation is 1. The average molecular weight is 360 g/mol. The van der Waals surface area contributed by atoms with E-state index in [1.54, 1.807) is 12.1 Å². The second kappa shape index (κ2) is 6.05. The van der Waals surface area contributed by atoms with Gasteiger partial charge in [-0.05, 0) is 43.4 Å². The molecule has 1 heterocycles. The summed E-state index contributed by atoms with van der Waals surface area (Å²) in [5.41, 5.74) is 9.17. The molecule has 0 amide bonds. The van der Waals surface area contributed by atoms with Gasteiger partial charge in [0, 0.05) is 21.3 Å². The molecule has 0 spiro atoms. The van der Waals surface area contributed by atoms with Gasteiger partial charge in [0.15, 0.2) is 0 Å². The standard InChI is InChI=1S/C17H15BrFN3/c18-10-6-7-11(14(19)8-10)16-12-4-2-1-3-5-15(12)22-17(21)13(16)9-20/h6-8H,1-5H2,(H2,21,22). The van der Waals surface area contributed by atoms with Gasteiger partial charge in [0.05, 0.1) is 0 Å². The zero-order chi connectivity index (χ0) is 15.7. The topological polar surface area (TPSA) is 62.7 Å². The molecule has 0 saturated carbocycles. The van der Waals surface area contributed by atoms with Crippen LogP contribution in [0.4, 0.5) is 10.2 Å². The van der Waals surface area contributed by atoms with Crippen LogP contribution in [-0.4, -0.2) is 4.98 Å². The number of hydrogen-bond acceptors (Lipinski definition) is 3. The lowest BCUT2D eigenvalue weighted by Gasteiger charge is -2.16. The molecule has 0 unspecified atom stereocenters. The highest BCUT2D eigenvalue weighted by Crippen LogP contribution is 2.37. The molecule has 3 rings (SSSR count). The van der Waals surface area contributed by atoms with Gasteiger partial charge in [-0.2, -0.15) is 5.26 Å². The van der Waals surface area contributed by atoms with Crippen LogP contribution in [0.5, 0.6) is 0 Å². The molecule has 0 atom stereocenters. The van der Waals surface area contributed by atoms with Gasteiger partial charge in [-0.3, -0.25) is 0 Å². The molecule has 0 radical (unpaired) electrons. The van der Waals surface area contributed by atoms with E-state index in [1.807, 2.05) is 0 Å². The number of pyridine rings is 1. The summed E-state index contributed by atoms with van der Waals surface area (Å²) in [4.78, 5) is 4.40. The van der Waals surface area contributed by atoms with E-state index in [0.29, 0.717) is 15.6 Å². The monoisotopic (exact) mass is 359 g/mol. The van der Waals surface area contributed by atoms with Crippen molar-refractivity contribution >= 4 is 21.7 Å². The molecule has 1 aromatic heterocycles. The molecule has 3 nitrogen and oxygen atoms in total. The largest absolute Gasteiger partial charge is 0.383 e. The van der Waals surface area contributed by atoms with Gasteiger partial charge >= 0.3 is 0 Å². The molecule has 0 saturated heterocycles. The maximum atomic E-state index is 14.5. The lowest BCUT2D eigenvalue weighted by atomic mass is 9.91. The number of nitriles is 1. The molecule has 1 aromatic carbocycles. The molecule has 112 valence electrons. The number of nitrogen functional groups attached to an aromatic ring is 1.